The number of nitrogens with zero attached hydrogens (tertiary/aromatic N) is 1. The highest BCUT2D eigenvalue weighted by Crippen LogP contribution is 2.42. The van der Waals surface area contributed by atoms with Gasteiger partial charge in [-0.1, -0.05) is 0 Å². The summed E-state index contributed by atoms with van der Waals surface area (Å²) in [5.74, 6) is 0. The molecule has 0 spiro atoms. The van der Waals surface area contributed by atoms with Gasteiger partial charge in [0.25, 0.3) is 0 Å². The first-order valence-electron chi connectivity index (χ1n) is 5.88. The molecule has 1 aromatic rings. The molecule has 0 atom stereocenters. The van der Waals surface area contributed by atoms with E-state index in [1.54, 1.807) is 0 Å². The molecule has 0 radical (unpaired) electrons. The van der Waals surface area contributed by atoms with Crippen LogP contribution < -0.4 is 10.6 Å². The molecule has 0 heterocycles. The molecule has 1 saturated carbocycles. The fourth-order valence-corrected chi connectivity index (χ4v) is 2.02. The summed E-state index contributed by atoms with van der Waals surface area (Å²) >= 11 is 0. The lowest BCUT2D eigenvalue weighted by atomic mass is 10.1. The van der Waals surface area contributed by atoms with E-state index in [-0.39, 0.29) is 5.69 Å². The molecule has 0 unspecified atom stereocenters. The monoisotopic (exact) mass is 298 g/mol. The Morgan fingerprint density at radius 3 is 2.15 bits per heavy atom. The maximum Gasteiger partial charge on any atom is 0.418 e. The second kappa shape index (κ2) is 4.75. The van der Waals surface area contributed by atoms with Crippen LogP contribution in [-0.4, -0.2) is 18.8 Å². The van der Waals surface area contributed by atoms with E-state index in [0.29, 0.717) is 18.9 Å². The third-order valence-electron chi connectivity index (χ3n) is 2.97. The van der Waals surface area contributed by atoms with Crippen LogP contribution in [0.3, 0.4) is 0 Å². The van der Waals surface area contributed by atoms with E-state index >= 15 is 0 Å². The van der Waals surface area contributed by atoms with Gasteiger partial charge < -0.3 is 10.6 Å². The van der Waals surface area contributed by atoms with Crippen LogP contribution in [0.1, 0.15) is 18.4 Å². The van der Waals surface area contributed by atoms with Gasteiger partial charge in [0.05, 0.1) is 5.56 Å². The van der Waals surface area contributed by atoms with Crippen LogP contribution in [0.2, 0.25) is 0 Å². The van der Waals surface area contributed by atoms with Gasteiger partial charge in [0.2, 0.25) is 0 Å². The van der Waals surface area contributed by atoms with E-state index in [1.807, 2.05) is 0 Å². The summed E-state index contributed by atoms with van der Waals surface area (Å²) in [5.41, 5.74) is 3.57. The summed E-state index contributed by atoms with van der Waals surface area (Å²) < 4.78 is 76.4. The van der Waals surface area contributed by atoms with Gasteiger partial charge in [-0.05, 0) is 31.0 Å². The van der Waals surface area contributed by atoms with Crippen molar-refractivity contribution in [3.05, 3.63) is 23.8 Å². The number of hydrogen-bond acceptors (Lipinski definition) is 2. The molecule has 0 aromatic heterocycles. The second-order valence-corrected chi connectivity index (χ2v) is 4.75. The van der Waals surface area contributed by atoms with Crippen molar-refractivity contribution < 1.29 is 26.3 Å². The quantitative estimate of drug-likeness (QED) is 0.679. The zero-order chi connectivity index (χ0) is 15.1. The predicted octanol–water partition coefficient (Wildman–Crippen LogP) is 3.82. The number of halogens is 6. The van der Waals surface area contributed by atoms with Crippen LogP contribution in [0.5, 0.6) is 0 Å². The lowest BCUT2D eigenvalue weighted by Crippen LogP contribution is -2.37. The molecule has 0 aliphatic heterocycles. The maximum atomic E-state index is 12.9. The minimum absolute atomic E-state index is 0.135. The summed E-state index contributed by atoms with van der Waals surface area (Å²) in [7, 11) is 0. The molecule has 8 heteroatoms. The zero-order valence-electron chi connectivity index (χ0n) is 10.2. The van der Waals surface area contributed by atoms with Crippen molar-refractivity contribution >= 4 is 11.4 Å². The second-order valence-electron chi connectivity index (χ2n) is 4.75. The molecule has 2 nitrogen and oxygen atoms in total. The normalized spacial score (nSPS) is 16.3. The van der Waals surface area contributed by atoms with Gasteiger partial charge in [-0.2, -0.15) is 26.3 Å². The molecule has 112 valence electrons. The smallest absolute Gasteiger partial charge is 0.399 e. The Balaban J connectivity index is 2.43. The molecule has 0 saturated heterocycles. The van der Waals surface area contributed by atoms with E-state index in [9.17, 15) is 26.3 Å². The Morgan fingerprint density at radius 1 is 1.10 bits per heavy atom. The highest BCUT2D eigenvalue weighted by Gasteiger charge is 2.42. The number of nitrogen functional groups attached to an aromatic ring is 1. The largest absolute Gasteiger partial charge is 0.418 e. The number of alkyl halides is 6. The lowest BCUT2D eigenvalue weighted by Gasteiger charge is -2.28. The zero-order valence-corrected chi connectivity index (χ0v) is 10.2. The molecule has 1 aliphatic carbocycles. The molecule has 2 rings (SSSR count). The van der Waals surface area contributed by atoms with Gasteiger partial charge in [0.15, 0.2) is 0 Å². The van der Waals surface area contributed by atoms with Crippen molar-refractivity contribution in [2.24, 2.45) is 0 Å². The lowest BCUT2D eigenvalue weighted by molar-refractivity contribution is -0.138. The number of anilines is 2. The van der Waals surface area contributed by atoms with Gasteiger partial charge >= 0.3 is 12.4 Å². The van der Waals surface area contributed by atoms with Crippen LogP contribution in [0.25, 0.3) is 0 Å². The molecule has 0 amide bonds. The Kier molecular flexibility index (Phi) is 3.51. The molecule has 2 N–H and O–H groups in total. The Bertz CT molecular complexity index is 490. The van der Waals surface area contributed by atoms with Crippen molar-refractivity contribution in [3.63, 3.8) is 0 Å². The molecule has 1 fully saturated rings. The van der Waals surface area contributed by atoms with Crippen molar-refractivity contribution in [2.75, 3.05) is 17.2 Å². The highest BCUT2D eigenvalue weighted by molar-refractivity contribution is 5.62. The van der Waals surface area contributed by atoms with Gasteiger partial charge in [0, 0.05) is 17.4 Å². The summed E-state index contributed by atoms with van der Waals surface area (Å²) in [6, 6.07) is 2.35. The SMILES string of the molecule is Nc1ccc(N(CC(F)(F)F)C2CC2)c(C(F)(F)F)c1. The number of nitrogens with two attached hydrogens (primary N) is 1. The van der Waals surface area contributed by atoms with E-state index in [1.165, 1.54) is 6.07 Å². The summed E-state index contributed by atoms with van der Waals surface area (Å²) in [6.07, 6.45) is -8.40. The van der Waals surface area contributed by atoms with Crippen LogP contribution >= 0.6 is 0 Å². The Hall–Kier alpha value is -1.60. The van der Waals surface area contributed by atoms with Crippen molar-refractivity contribution in [2.45, 2.75) is 31.2 Å². The Labute approximate surface area is 111 Å². The van der Waals surface area contributed by atoms with Gasteiger partial charge in [0.1, 0.15) is 6.54 Å². The highest BCUT2D eigenvalue weighted by atomic mass is 19.4. The Morgan fingerprint density at radius 2 is 1.70 bits per heavy atom. The first-order valence-corrected chi connectivity index (χ1v) is 5.88. The number of benzene rings is 1. The van der Waals surface area contributed by atoms with E-state index in [4.69, 9.17) is 5.73 Å². The van der Waals surface area contributed by atoms with Crippen molar-refractivity contribution in [3.8, 4) is 0 Å². The number of rotatable bonds is 3. The average molecular weight is 298 g/mol. The standard InChI is InChI=1S/C12H12F6N2/c13-11(14,15)6-20(8-2-3-8)10-4-1-7(19)5-9(10)12(16,17)18/h1,4-5,8H,2-3,6,19H2. The molecule has 20 heavy (non-hydrogen) atoms. The van der Waals surface area contributed by atoms with Crippen LogP contribution in [0.4, 0.5) is 37.7 Å². The molecule has 1 aliphatic rings. The molecule has 1 aromatic carbocycles. The average Bonchev–Trinajstić information content (AvgIpc) is 3.07. The molecular formula is C12H12F6N2. The fraction of sp³-hybridized carbons (Fsp3) is 0.500. The molecular weight excluding hydrogens is 286 g/mol. The van der Waals surface area contributed by atoms with Gasteiger partial charge in [-0.3, -0.25) is 0 Å². The third-order valence-corrected chi connectivity index (χ3v) is 2.97. The topological polar surface area (TPSA) is 29.3 Å². The summed E-state index contributed by atoms with van der Waals surface area (Å²) in [5, 5.41) is 0. The first kappa shape index (κ1) is 14.8. The van der Waals surface area contributed by atoms with Crippen LogP contribution in [-0.2, 0) is 6.18 Å². The first-order chi connectivity index (χ1) is 9.08. The predicted molar refractivity (Wildman–Crippen MR) is 62.3 cm³/mol. The van der Waals surface area contributed by atoms with Crippen molar-refractivity contribution in [1.29, 1.82) is 0 Å². The summed E-state index contributed by atoms with van der Waals surface area (Å²) in [6.45, 7) is -1.40. The summed E-state index contributed by atoms with van der Waals surface area (Å²) in [4.78, 5) is 0.766. The van der Waals surface area contributed by atoms with E-state index < -0.39 is 36.2 Å². The molecule has 0 bridgehead atoms. The van der Waals surface area contributed by atoms with E-state index in [2.05, 4.69) is 0 Å². The number of hydrogen-bond donors (Lipinski definition) is 1. The third kappa shape index (κ3) is 3.49. The van der Waals surface area contributed by atoms with Crippen LogP contribution in [0.15, 0.2) is 18.2 Å². The maximum absolute atomic E-state index is 12.9. The van der Waals surface area contributed by atoms with Crippen LogP contribution in [0, 0.1) is 0 Å². The van der Waals surface area contributed by atoms with Gasteiger partial charge in [-0.15, -0.1) is 0 Å². The minimum atomic E-state index is -4.75. The van der Waals surface area contributed by atoms with Gasteiger partial charge in [-0.25, -0.2) is 0 Å². The van der Waals surface area contributed by atoms with Crippen molar-refractivity contribution in [1.82, 2.24) is 0 Å². The van der Waals surface area contributed by atoms with E-state index in [0.717, 1.165) is 11.0 Å². The fourth-order valence-electron chi connectivity index (χ4n) is 2.02. The minimum Gasteiger partial charge on any atom is -0.399 e.